The zero-order valence-corrected chi connectivity index (χ0v) is 11.8. The van der Waals surface area contributed by atoms with Crippen molar-refractivity contribution < 1.29 is 14.2 Å². The van der Waals surface area contributed by atoms with E-state index in [9.17, 15) is 9.50 Å². The summed E-state index contributed by atoms with van der Waals surface area (Å²) in [6.45, 7) is 4.39. The van der Waals surface area contributed by atoms with Crippen molar-refractivity contribution in [2.24, 2.45) is 0 Å². The van der Waals surface area contributed by atoms with Gasteiger partial charge in [0.25, 0.3) is 0 Å². The predicted molar refractivity (Wildman–Crippen MR) is 77.3 cm³/mol. The fraction of sp³-hybridized carbons (Fsp3) is 0.294. The highest BCUT2D eigenvalue weighted by Crippen LogP contribution is 2.33. The minimum Gasteiger partial charge on any atom is -0.494 e. The molecule has 0 bridgehead atoms. The standard InChI is InChI=1S/C17H19FO2/c1-3-17(19,14-6-5-7-15(18)12-14)13-8-10-16(11-9-13)20-4-2/h5-12,19H,3-4H2,1-2H3. The zero-order valence-electron chi connectivity index (χ0n) is 11.8. The van der Waals surface area contributed by atoms with Crippen LogP contribution in [0.1, 0.15) is 31.4 Å². The summed E-state index contributed by atoms with van der Waals surface area (Å²) in [5, 5.41) is 10.9. The molecule has 2 aromatic rings. The van der Waals surface area contributed by atoms with Crippen LogP contribution in [0.25, 0.3) is 0 Å². The molecule has 1 unspecified atom stereocenters. The van der Waals surface area contributed by atoms with Crippen molar-refractivity contribution in [2.75, 3.05) is 6.61 Å². The molecule has 1 N–H and O–H groups in total. The number of halogens is 1. The molecule has 3 heteroatoms. The second kappa shape index (κ2) is 6.06. The van der Waals surface area contributed by atoms with E-state index < -0.39 is 5.60 Å². The normalized spacial score (nSPS) is 13.8. The van der Waals surface area contributed by atoms with Crippen LogP contribution in [0.15, 0.2) is 48.5 Å². The van der Waals surface area contributed by atoms with Crippen LogP contribution < -0.4 is 4.74 Å². The van der Waals surface area contributed by atoms with Gasteiger partial charge in [0.1, 0.15) is 17.2 Å². The molecule has 0 aliphatic rings. The van der Waals surface area contributed by atoms with Gasteiger partial charge in [0.05, 0.1) is 6.61 Å². The Morgan fingerprint density at radius 3 is 2.30 bits per heavy atom. The van der Waals surface area contributed by atoms with Crippen LogP contribution in [0, 0.1) is 5.82 Å². The number of aliphatic hydroxyl groups is 1. The number of hydrogen-bond acceptors (Lipinski definition) is 2. The van der Waals surface area contributed by atoms with Crippen LogP contribution >= 0.6 is 0 Å². The van der Waals surface area contributed by atoms with E-state index >= 15 is 0 Å². The average molecular weight is 274 g/mol. The minimum atomic E-state index is -1.19. The summed E-state index contributed by atoms with van der Waals surface area (Å²) in [6.07, 6.45) is 0.463. The van der Waals surface area contributed by atoms with E-state index in [4.69, 9.17) is 4.74 Å². The Bertz CT molecular complexity index is 565. The molecule has 1 atom stereocenters. The van der Waals surface area contributed by atoms with Gasteiger partial charge in [-0.2, -0.15) is 0 Å². The Balaban J connectivity index is 2.39. The third-order valence-corrected chi connectivity index (χ3v) is 3.46. The highest BCUT2D eigenvalue weighted by atomic mass is 19.1. The number of hydrogen-bond donors (Lipinski definition) is 1. The monoisotopic (exact) mass is 274 g/mol. The van der Waals surface area contributed by atoms with Crippen molar-refractivity contribution in [2.45, 2.75) is 25.9 Å². The molecule has 0 aromatic heterocycles. The Morgan fingerprint density at radius 2 is 1.75 bits per heavy atom. The predicted octanol–water partition coefficient (Wildman–Crippen LogP) is 3.87. The van der Waals surface area contributed by atoms with E-state index in [1.165, 1.54) is 12.1 Å². The fourth-order valence-electron chi connectivity index (χ4n) is 2.31. The van der Waals surface area contributed by atoms with Gasteiger partial charge in [-0.25, -0.2) is 4.39 Å². The Hall–Kier alpha value is -1.87. The van der Waals surface area contributed by atoms with E-state index in [2.05, 4.69) is 0 Å². The second-order valence-electron chi connectivity index (χ2n) is 4.68. The topological polar surface area (TPSA) is 29.5 Å². The molecule has 0 saturated carbocycles. The van der Waals surface area contributed by atoms with Gasteiger partial charge in [-0.15, -0.1) is 0 Å². The van der Waals surface area contributed by atoms with Crippen LogP contribution in [0.4, 0.5) is 4.39 Å². The molecule has 20 heavy (non-hydrogen) atoms. The van der Waals surface area contributed by atoms with Gasteiger partial charge in [-0.3, -0.25) is 0 Å². The van der Waals surface area contributed by atoms with Crippen LogP contribution in [0.2, 0.25) is 0 Å². The van der Waals surface area contributed by atoms with E-state index in [1.807, 2.05) is 38.1 Å². The lowest BCUT2D eigenvalue weighted by Gasteiger charge is -2.28. The molecule has 0 spiro atoms. The summed E-state index contributed by atoms with van der Waals surface area (Å²) >= 11 is 0. The number of benzene rings is 2. The minimum absolute atomic E-state index is 0.347. The van der Waals surface area contributed by atoms with Gasteiger partial charge in [-0.1, -0.05) is 31.2 Å². The third kappa shape index (κ3) is 2.83. The molecule has 0 aliphatic heterocycles. The quantitative estimate of drug-likeness (QED) is 0.896. The Morgan fingerprint density at radius 1 is 1.05 bits per heavy atom. The molecule has 2 rings (SSSR count). The van der Waals surface area contributed by atoms with Gasteiger partial charge in [0, 0.05) is 0 Å². The molecular formula is C17H19FO2. The highest BCUT2D eigenvalue weighted by Gasteiger charge is 2.29. The first-order valence-electron chi connectivity index (χ1n) is 6.82. The first kappa shape index (κ1) is 14.5. The molecule has 0 heterocycles. The summed E-state index contributed by atoms with van der Waals surface area (Å²) in [4.78, 5) is 0. The maximum absolute atomic E-state index is 13.4. The summed E-state index contributed by atoms with van der Waals surface area (Å²) in [5.74, 6) is 0.411. The fourth-order valence-corrected chi connectivity index (χ4v) is 2.31. The highest BCUT2D eigenvalue weighted by molar-refractivity contribution is 5.38. The van der Waals surface area contributed by atoms with Gasteiger partial charge < -0.3 is 9.84 Å². The van der Waals surface area contributed by atoms with Crippen LogP contribution in [0.5, 0.6) is 5.75 Å². The van der Waals surface area contributed by atoms with Crippen molar-refractivity contribution >= 4 is 0 Å². The third-order valence-electron chi connectivity index (χ3n) is 3.46. The Kier molecular flexibility index (Phi) is 4.40. The lowest BCUT2D eigenvalue weighted by molar-refractivity contribution is 0.0761. The summed E-state index contributed by atoms with van der Waals surface area (Å²) in [6, 6.07) is 13.4. The van der Waals surface area contributed by atoms with Crippen molar-refractivity contribution in [3.05, 3.63) is 65.5 Å². The summed E-state index contributed by atoms with van der Waals surface area (Å²) in [5.41, 5.74) is 0.102. The molecule has 2 aromatic carbocycles. The summed E-state index contributed by atoms with van der Waals surface area (Å²) < 4.78 is 18.8. The number of ether oxygens (including phenoxy) is 1. The molecule has 0 amide bonds. The zero-order chi connectivity index (χ0) is 14.6. The first-order valence-corrected chi connectivity index (χ1v) is 6.82. The van der Waals surface area contributed by atoms with Crippen LogP contribution in [-0.4, -0.2) is 11.7 Å². The molecule has 0 fully saturated rings. The lowest BCUT2D eigenvalue weighted by Crippen LogP contribution is -2.26. The maximum Gasteiger partial charge on any atom is 0.123 e. The van der Waals surface area contributed by atoms with Gasteiger partial charge >= 0.3 is 0 Å². The SMILES string of the molecule is CCOc1ccc(C(O)(CC)c2cccc(F)c2)cc1. The first-order chi connectivity index (χ1) is 9.60. The van der Waals surface area contributed by atoms with Gasteiger partial charge in [0.2, 0.25) is 0 Å². The molecule has 0 aliphatic carbocycles. The number of rotatable bonds is 5. The lowest BCUT2D eigenvalue weighted by atomic mass is 9.84. The summed E-state index contributed by atoms with van der Waals surface area (Å²) in [7, 11) is 0. The molecule has 2 nitrogen and oxygen atoms in total. The average Bonchev–Trinajstić information content (AvgIpc) is 2.47. The second-order valence-corrected chi connectivity index (χ2v) is 4.68. The molecule has 0 radical (unpaired) electrons. The Labute approximate surface area is 118 Å². The smallest absolute Gasteiger partial charge is 0.123 e. The molecule has 0 saturated heterocycles. The van der Waals surface area contributed by atoms with Crippen molar-refractivity contribution in [3.63, 3.8) is 0 Å². The molecular weight excluding hydrogens is 255 g/mol. The maximum atomic E-state index is 13.4. The van der Waals surface area contributed by atoms with Gasteiger partial charge in [0.15, 0.2) is 0 Å². The van der Waals surface area contributed by atoms with E-state index in [1.54, 1.807) is 12.1 Å². The molecule has 106 valence electrons. The van der Waals surface area contributed by atoms with E-state index in [0.29, 0.717) is 18.6 Å². The van der Waals surface area contributed by atoms with E-state index in [0.717, 1.165) is 11.3 Å². The van der Waals surface area contributed by atoms with Crippen molar-refractivity contribution in [1.82, 2.24) is 0 Å². The van der Waals surface area contributed by atoms with Gasteiger partial charge in [-0.05, 0) is 48.7 Å². The van der Waals surface area contributed by atoms with E-state index in [-0.39, 0.29) is 5.82 Å². The largest absolute Gasteiger partial charge is 0.494 e. The van der Waals surface area contributed by atoms with Crippen LogP contribution in [0.3, 0.4) is 0 Å². The van der Waals surface area contributed by atoms with Crippen molar-refractivity contribution in [1.29, 1.82) is 0 Å². The van der Waals surface area contributed by atoms with Crippen molar-refractivity contribution in [3.8, 4) is 5.75 Å². The van der Waals surface area contributed by atoms with Crippen LogP contribution in [-0.2, 0) is 5.60 Å².